The van der Waals surface area contributed by atoms with Crippen molar-refractivity contribution < 1.29 is 4.74 Å². The largest absolute Gasteiger partial charge is 0.462 e. The van der Waals surface area contributed by atoms with Crippen molar-refractivity contribution >= 4 is 0 Å². The Balaban J connectivity index is 2.08. The van der Waals surface area contributed by atoms with E-state index in [-0.39, 0.29) is 0 Å². The van der Waals surface area contributed by atoms with Crippen LogP contribution in [0.15, 0.2) is 35.6 Å². The molecule has 0 heterocycles. The Labute approximate surface area is 89.8 Å². The Morgan fingerprint density at radius 2 is 1.93 bits per heavy atom. The Hall–Kier alpha value is -1.75. The molecule has 1 fully saturated rings. The first-order valence-electron chi connectivity index (χ1n) is 5.16. The summed E-state index contributed by atoms with van der Waals surface area (Å²) in [6, 6.07) is 9.30. The van der Waals surface area contributed by atoms with Gasteiger partial charge in [0.1, 0.15) is 11.5 Å². The van der Waals surface area contributed by atoms with Crippen LogP contribution in [0.5, 0.6) is 5.75 Å². The highest BCUT2D eigenvalue weighted by Crippen LogP contribution is 2.29. The quantitative estimate of drug-likeness (QED) is 0.684. The monoisotopic (exact) mass is 199 g/mol. The molecule has 1 saturated carbocycles. The molecule has 1 aliphatic rings. The molecule has 2 heteroatoms. The second kappa shape index (κ2) is 4.18. The van der Waals surface area contributed by atoms with Crippen LogP contribution in [0.3, 0.4) is 0 Å². The Bertz CT molecular complexity index is 417. The molecule has 0 unspecified atom stereocenters. The molecule has 0 bridgehead atoms. The van der Waals surface area contributed by atoms with Gasteiger partial charge >= 0.3 is 0 Å². The highest BCUT2D eigenvalue weighted by Gasteiger charge is 2.13. The van der Waals surface area contributed by atoms with Gasteiger partial charge in [-0.15, -0.1) is 0 Å². The number of nitrogens with zero attached hydrogens (tertiary/aromatic N) is 1. The summed E-state index contributed by atoms with van der Waals surface area (Å²) in [6.45, 7) is 2.01. The van der Waals surface area contributed by atoms with E-state index in [0.717, 1.165) is 11.5 Å². The zero-order valence-electron chi connectivity index (χ0n) is 8.79. The molecule has 0 atom stereocenters. The van der Waals surface area contributed by atoms with Gasteiger partial charge in [-0.25, -0.2) is 0 Å². The van der Waals surface area contributed by atoms with Gasteiger partial charge in [0.15, 0.2) is 0 Å². The summed E-state index contributed by atoms with van der Waals surface area (Å²) in [5.74, 6) is 1.83. The number of allylic oxidation sites excluding steroid dienone is 2. The van der Waals surface area contributed by atoms with Crippen molar-refractivity contribution in [2.45, 2.75) is 26.2 Å². The Morgan fingerprint density at radius 3 is 2.40 bits per heavy atom. The van der Waals surface area contributed by atoms with Gasteiger partial charge in [-0.1, -0.05) is 0 Å². The van der Waals surface area contributed by atoms with Crippen LogP contribution in [0, 0.1) is 11.3 Å². The Morgan fingerprint density at radius 1 is 1.27 bits per heavy atom. The van der Waals surface area contributed by atoms with Crippen LogP contribution in [0.25, 0.3) is 0 Å². The molecule has 0 N–H and O–H groups in total. The molecule has 1 aliphatic carbocycles. The molecule has 0 aliphatic heterocycles. The van der Waals surface area contributed by atoms with E-state index in [0.29, 0.717) is 5.56 Å². The van der Waals surface area contributed by atoms with E-state index in [1.165, 1.54) is 24.8 Å². The maximum Gasteiger partial charge on any atom is 0.127 e. The van der Waals surface area contributed by atoms with Crippen LogP contribution in [-0.2, 0) is 0 Å². The molecule has 0 amide bonds. The van der Waals surface area contributed by atoms with Crippen molar-refractivity contribution in [3.8, 4) is 11.8 Å². The summed E-state index contributed by atoms with van der Waals surface area (Å²) in [5, 5.41) is 8.65. The number of benzene rings is 1. The minimum atomic E-state index is 0.663. The molecule has 1 aromatic rings. The standard InChI is InChI=1S/C13H13NO/c1-10(12-3-2-4-12)15-13-7-5-11(9-14)6-8-13/h5-8H,2-4H2,1H3. The summed E-state index contributed by atoms with van der Waals surface area (Å²) in [4.78, 5) is 0. The van der Waals surface area contributed by atoms with Crippen molar-refractivity contribution in [2.24, 2.45) is 0 Å². The zero-order chi connectivity index (χ0) is 10.7. The summed E-state index contributed by atoms with van der Waals surface area (Å²) >= 11 is 0. The van der Waals surface area contributed by atoms with Gasteiger partial charge in [0.05, 0.1) is 11.6 Å². The second-order valence-electron chi connectivity index (χ2n) is 3.75. The van der Waals surface area contributed by atoms with Gasteiger partial charge < -0.3 is 4.74 Å². The highest BCUT2D eigenvalue weighted by molar-refractivity contribution is 5.35. The van der Waals surface area contributed by atoms with Crippen molar-refractivity contribution in [2.75, 3.05) is 0 Å². The van der Waals surface area contributed by atoms with Crippen LogP contribution < -0.4 is 4.74 Å². The predicted molar refractivity (Wildman–Crippen MR) is 58.3 cm³/mol. The lowest BCUT2D eigenvalue weighted by Crippen LogP contribution is -2.04. The summed E-state index contributed by atoms with van der Waals surface area (Å²) < 4.78 is 5.69. The van der Waals surface area contributed by atoms with Crippen LogP contribution in [-0.4, -0.2) is 0 Å². The summed E-state index contributed by atoms with van der Waals surface area (Å²) in [6.07, 6.45) is 3.62. The fourth-order valence-electron chi connectivity index (χ4n) is 1.55. The smallest absolute Gasteiger partial charge is 0.127 e. The molecule has 2 nitrogen and oxygen atoms in total. The fraction of sp³-hybridized carbons (Fsp3) is 0.308. The van der Waals surface area contributed by atoms with Crippen LogP contribution >= 0.6 is 0 Å². The minimum absolute atomic E-state index is 0.663. The van der Waals surface area contributed by atoms with Crippen LogP contribution in [0.2, 0.25) is 0 Å². The molecule has 76 valence electrons. The third-order valence-electron chi connectivity index (χ3n) is 2.71. The van der Waals surface area contributed by atoms with Gasteiger partial charge in [-0.2, -0.15) is 5.26 Å². The average molecular weight is 199 g/mol. The second-order valence-corrected chi connectivity index (χ2v) is 3.75. The van der Waals surface area contributed by atoms with E-state index in [1.807, 2.05) is 19.1 Å². The number of rotatable bonds is 2. The molecular weight excluding hydrogens is 186 g/mol. The number of nitriles is 1. The SMILES string of the molecule is CC(Oc1ccc(C#N)cc1)=C1CCC1. The van der Waals surface area contributed by atoms with Crippen LogP contribution in [0.4, 0.5) is 0 Å². The van der Waals surface area contributed by atoms with Gasteiger partial charge in [-0.05, 0) is 56.0 Å². The molecule has 1 aromatic carbocycles. The van der Waals surface area contributed by atoms with Crippen molar-refractivity contribution in [1.29, 1.82) is 5.26 Å². The summed E-state index contributed by atoms with van der Waals surface area (Å²) in [7, 11) is 0. The lowest BCUT2D eigenvalue weighted by Gasteiger charge is -2.19. The highest BCUT2D eigenvalue weighted by atomic mass is 16.5. The Kier molecular flexibility index (Phi) is 2.73. The topological polar surface area (TPSA) is 33.0 Å². The number of hydrogen-bond acceptors (Lipinski definition) is 2. The maximum absolute atomic E-state index is 8.65. The lowest BCUT2D eigenvalue weighted by molar-refractivity contribution is 0.403. The third-order valence-corrected chi connectivity index (χ3v) is 2.71. The van der Waals surface area contributed by atoms with Crippen LogP contribution in [0.1, 0.15) is 31.7 Å². The number of hydrogen-bond donors (Lipinski definition) is 0. The fourth-order valence-corrected chi connectivity index (χ4v) is 1.55. The van der Waals surface area contributed by atoms with E-state index in [1.54, 1.807) is 12.1 Å². The number of ether oxygens (including phenoxy) is 1. The molecule has 0 radical (unpaired) electrons. The first-order valence-corrected chi connectivity index (χ1v) is 5.16. The van der Waals surface area contributed by atoms with E-state index >= 15 is 0 Å². The molecule has 0 aromatic heterocycles. The first kappa shape index (κ1) is 9.79. The normalized spacial score (nSPS) is 14.0. The third kappa shape index (κ3) is 2.19. The van der Waals surface area contributed by atoms with E-state index in [9.17, 15) is 0 Å². The summed E-state index contributed by atoms with van der Waals surface area (Å²) in [5.41, 5.74) is 2.08. The van der Waals surface area contributed by atoms with Gasteiger partial charge in [-0.3, -0.25) is 0 Å². The predicted octanol–water partition coefficient (Wildman–Crippen LogP) is 3.39. The molecule has 0 saturated heterocycles. The molecule has 15 heavy (non-hydrogen) atoms. The molecular formula is C13H13NO. The van der Waals surface area contributed by atoms with Gasteiger partial charge in [0, 0.05) is 0 Å². The first-order chi connectivity index (χ1) is 7.29. The maximum atomic E-state index is 8.65. The van der Waals surface area contributed by atoms with E-state index in [2.05, 4.69) is 6.07 Å². The van der Waals surface area contributed by atoms with Crippen molar-refractivity contribution in [3.05, 3.63) is 41.2 Å². The zero-order valence-corrected chi connectivity index (χ0v) is 8.79. The van der Waals surface area contributed by atoms with Gasteiger partial charge in [0.2, 0.25) is 0 Å². The molecule has 2 rings (SSSR count). The van der Waals surface area contributed by atoms with Crippen molar-refractivity contribution in [1.82, 2.24) is 0 Å². The van der Waals surface area contributed by atoms with E-state index in [4.69, 9.17) is 10.00 Å². The molecule has 0 spiro atoms. The van der Waals surface area contributed by atoms with Gasteiger partial charge in [0.25, 0.3) is 0 Å². The lowest BCUT2D eigenvalue weighted by atomic mass is 9.91. The van der Waals surface area contributed by atoms with Crippen molar-refractivity contribution in [3.63, 3.8) is 0 Å². The average Bonchev–Trinajstić information content (AvgIpc) is 2.16. The van der Waals surface area contributed by atoms with E-state index < -0.39 is 0 Å². The minimum Gasteiger partial charge on any atom is -0.462 e.